The SMILES string of the molecule is COC(=O)Cc1ccc(Br)c(COC2CCCCO2)c1. The highest BCUT2D eigenvalue weighted by molar-refractivity contribution is 9.10. The Morgan fingerprint density at radius 3 is 3.00 bits per heavy atom. The predicted octanol–water partition coefficient (Wildman–Crippen LogP) is 3.21. The summed E-state index contributed by atoms with van der Waals surface area (Å²) in [5, 5.41) is 0. The van der Waals surface area contributed by atoms with E-state index in [1.54, 1.807) is 0 Å². The Hall–Kier alpha value is -0.910. The molecule has 1 atom stereocenters. The van der Waals surface area contributed by atoms with Gasteiger partial charge in [0, 0.05) is 11.1 Å². The van der Waals surface area contributed by atoms with Crippen LogP contribution in [0.2, 0.25) is 0 Å². The minimum Gasteiger partial charge on any atom is -0.469 e. The molecule has 1 heterocycles. The van der Waals surface area contributed by atoms with E-state index in [0.29, 0.717) is 6.61 Å². The zero-order chi connectivity index (χ0) is 14.4. The summed E-state index contributed by atoms with van der Waals surface area (Å²) in [6.07, 6.45) is 3.36. The van der Waals surface area contributed by atoms with E-state index in [1.807, 2.05) is 18.2 Å². The number of carbonyl (C=O) groups excluding carboxylic acids is 1. The Morgan fingerprint density at radius 2 is 2.30 bits per heavy atom. The van der Waals surface area contributed by atoms with E-state index in [-0.39, 0.29) is 18.7 Å². The van der Waals surface area contributed by atoms with Gasteiger partial charge in [0.15, 0.2) is 6.29 Å². The van der Waals surface area contributed by atoms with Crippen molar-refractivity contribution < 1.29 is 19.0 Å². The molecule has 1 aromatic rings. The lowest BCUT2D eigenvalue weighted by atomic mass is 10.1. The van der Waals surface area contributed by atoms with Gasteiger partial charge in [0.1, 0.15) is 0 Å². The monoisotopic (exact) mass is 342 g/mol. The molecule has 0 amide bonds. The Kier molecular flexibility index (Phi) is 6.01. The highest BCUT2D eigenvalue weighted by atomic mass is 79.9. The zero-order valence-corrected chi connectivity index (χ0v) is 13.1. The molecule has 1 aromatic carbocycles. The van der Waals surface area contributed by atoms with Crippen LogP contribution in [-0.2, 0) is 32.0 Å². The van der Waals surface area contributed by atoms with E-state index in [2.05, 4.69) is 20.7 Å². The molecule has 0 radical (unpaired) electrons. The van der Waals surface area contributed by atoms with E-state index in [0.717, 1.165) is 41.5 Å². The summed E-state index contributed by atoms with van der Waals surface area (Å²) >= 11 is 3.50. The smallest absolute Gasteiger partial charge is 0.309 e. The second-order valence-electron chi connectivity index (χ2n) is 4.79. The molecule has 20 heavy (non-hydrogen) atoms. The Morgan fingerprint density at radius 1 is 1.45 bits per heavy atom. The highest BCUT2D eigenvalue weighted by Crippen LogP contribution is 2.22. The van der Waals surface area contributed by atoms with Gasteiger partial charge < -0.3 is 14.2 Å². The molecule has 1 aliphatic heterocycles. The lowest BCUT2D eigenvalue weighted by Gasteiger charge is -2.23. The number of hydrogen-bond acceptors (Lipinski definition) is 4. The minimum atomic E-state index is -0.241. The van der Waals surface area contributed by atoms with E-state index in [9.17, 15) is 4.79 Å². The van der Waals surface area contributed by atoms with Gasteiger partial charge >= 0.3 is 5.97 Å². The number of esters is 1. The van der Waals surface area contributed by atoms with Gasteiger partial charge in [-0.25, -0.2) is 0 Å². The van der Waals surface area contributed by atoms with E-state index < -0.39 is 0 Å². The van der Waals surface area contributed by atoms with Crippen LogP contribution >= 0.6 is 15.9 Å². The molecule has 0 bridgehead atoms. The lowest BCUT2D eigenvalue weighted by molar-refractivity contribution is -0.169. The van der Waals surface area contributed by atoms with Crippen LogP contribution in [0.5, 0.6) is 0 Å². The van der Waals surface area contributed by atoms with Gasteiger partial charge in [0.2, 0.25) is 0 Å². The molecular weight excluding hydrogens is 324 g/mol. The molecule has 2 rings (SSSR count). The van der Waals surface area contributed by atoms with Crippen molar-refractivity contribution in [2.24, 2.45) is 0 Å². The predicted molar refractivity (Wildman–Crippen MR) is 78.2 cm³/mol. The second kappa shape index (κ2) is 7.76. The number of hydrogen-bond donors (Lipinski definition) is 0. The van der Waals surface area contributed by atoms with Crippen molar-refractivity contribution in [3.63, 3.8) is 0 Å². The van der Waals surface area contributed by atoms with E-state index in [4.69, 9.17) is 9.47 Å². The van der Waals surface area contributed by atoms with Crippen LogP contribution in [0.3, 0.4) is 0 Å². The molecule has 0 aromatic heterocycles. The van der Waals surface area contributed by atoms with Crippen LogP contribution in [-0.4, -0.2) is 26.0 Å². The van der Waals surface area contributed by atoms with E-state index in [1.165, 1.54) is 7.11 Å². The first kappa shape index (κ1) is 15.5. The molecule has 1 fully saturated rings. The van der Waals surface area contributed by atoms with Gasteiger partial charge in [-0.05, 0) is 36.5 Å². The summed E-state index contributed by atoms with van der Waals surface area (Å²) < 4.78 is 17.0. The Labute approximate surface area is 127 Å². The van der Waals surface area contributed by atoms with Crippen molar-refractivity contribution in [2.45, 2.75) is 38.6 Å². The maximum Gasteiger partial charge on any atom is 0.309 e. The lowest BCUT2D eigenvalue weighted by Crippen LogP contribution is -2.22. The number of benzene rings is 1. The molecule has 1 aliphatic rings. The maximum atomic E-state index is 11.3. The van der Waals surface area contributed by atoms with E-state index >= 15 is 0 Å². The zero-order valence-electron chi connectivity index (χ0n) is 11.6. The quantitative estimate of drug-likeness (QED) is 0.770. The van der Waals surface area contributed by atoms with Gasteiger partial charge in [-0.3, -0.25) is 4.79 Å². The third-order valence-corrected chi connectivity index (χ3v) is 4.02. The molecular formula is C15H19BrO4. The van der Waals surface area contributed by atoms with Gasteiger partial charge in [-0.15, -0.1) is 0 Å². The number of rotatable bonds is 5. The fraction of sp³-hybridized carbons (Fsp3) is 0.533. The minimum absolute atomic E-state index is 0.111. The average molecular weight is 343 g/mol. The summed E-state index contributed by atoms with van der Waals surface area (Å²) in [7, 11) is 1.39. The maximum absolute atomic E-state index is 11.3. The first-order valence-electron chi connectivity index (χ1n) is 6.76. The summed E-state index contributed by atoms with van der Waals surface area (Å²) in [6, 6.07) is 5.80. The fourth-order valence-electron chi connectivity index (χ4n) is 2.11. The molecule has 0 saturated carbocycles. The van der Waals surface area contributed by atoms with Crippen molar-refractivity contribution in [1.82, 2.24) is 0 Å². The first-order chi connectivity index (χ1) is 9.69. The molecule has 0 aliphatic carbocycles. The molecule has 1 saturated heterocycles. The standard InChI is InChI=1S/C15H19BrO4/c1-18-14(17)9-11-5-6-13(16)12(8-11)10-20-15-4-2-3-7-19-15/h5-6,8,15H,2-4,7,9-10H2,1H3. The van der Waals surface area contributed by atoms with Crippen LogP contribution in [0.25, 0.3) is 0 Å². The fourth-order valence-corrected chi connectivity index (χ4v) is 2.47. The third-order valence-electron chi connectivity index (χ3n) is 3.25. The second-order valence-corrected chi connectivity index (χ2v) is 5.64. The van der Waals surface area contributed by atoms with Crippen LogP contribution in [0.15, 0.2) is 22.7 Å². The summed E-state index contributed by atoms with van der Waals surface area (Å²) in [5.41, 5.74) is 1.93. The van der Waals surface area contributed by atoms with Gasteiger partial charge in [0.25, 0.3) is 0 Å². The molecule has 0 spiro atoms. The van der Waals surface area contributed by atoms with Crippen molar-refractivity contribution in [1.29, 1.82) is 0 Å². The van der Waals surface area contributed by atoms with Crippen LogP contribution in [0.4, 0.5) is 0 Å². The van der Waals surface area contributed by atoms with Crippen LogP contribution in [0.1, 0.15) is 30.4 Å². The molecule has 5 heteroatoms. The van der Waals surface area contributed by atoms with Crippen molar-refractivity contribution in [2.75, 3.05) is 13.7 Å². The number of halogens is 1. The van der Waals surface area contributed by atoms with Crippen molar-refractivity contribution in [3.05, 3.63) is 33.8 Å². The van der Waals surface area contributed by atoms with Crippen LogP contribution < -0.4 is 0 Å². The molecule has 0 N–H and O–H groups in total. The summed E-state index contributed by atoms with van der Waals surface area (Å²) in [4.78, 5) is 11.3. The number of methoxy groups -OCH3 is 1. The van der Waals surface area contributed by atoms with Crippen molar-refractivity contribution >= 4 is 21.9 Å². The number of carbonyl (C=O) groups is 1. The molecule has 110 valence electrons. The normalized spacial score (nSPS) is 18.8. The summed E-state index contributed by atoms with van der Waals surface area (Å²) in [5.74, 6) is -0.241. The topological polar surface area (TPSA) is 44.8 Å². The van der Waals surface area contributed by atoms with Gasteiger partial charge in [-0.2, -0.15) is 0 Å². The third kappa shape index (κ3) is 4.58. The molecule has 1 unspecified atom stereocenters. The molecule has 4 nitrogen and oxygen atoms in total. The Balaban J connectivity index is 1.95. The van der Waals surface area contributed by atoms with Gasteiger partial charge in [0.05, 0.1) is 20.1 Å². The van der Waals surface area contributed by atoms with Crippen molar-refractivity contribution in [3.8, 4) is 0 Å². The van der Waals surface area contributed by atoms with Crippen LogP contribution in [0, 0.1) is 0 Å². The van der Waals surface area contributed by atoms with Gasteiger partial charge in [-0.1, -0.05) is 28.1 Å². The summed E-state index contributed by atoms with van der Waals surface area (Å²) in [6.45, 7) is 1.24. The largest absolute Gasteiger partial charge is 0.469 e. The Bertz CT molecular complexity index is 455. The average Bonchev–Trinajstić information content (AvgIpc) is 2.48. The number of ether oxygens (including phenoxy) is 3. The highest BCUT2D eigenvalue weighted by Gasteiger charge is 2.15. The first-order valence-corrected chi connectivity index (χ1v) is 7.55.